The van der Waals surface area contributed by atoms with E-state index in [0.717, 1.165) is 35.5 Å². The number of carbonyl (C=O) groups is 1. The molecular formula is C18H17ClN4OS4. The van der Waals surface area contributed by atoms with Gasteiger partial charge in [0.2, 0.25) is 5.91 Å². The van der Waals surface area contributed by atoms with E-state index < -0.39 is 0 Å². The van der Waals surface area contributed by atoms with Crippen molar-refractivity contribution in [3.05, 3.63) is 58.1 Å². The number of rotatable bonds is 9. The molecule has 3 rings (SSSR count). The number of halogens is 1. The van der Waals surface area contributed by atoms with Gasteiger partial charge in [0.1, 0.15) is 0 Å². The van der Waals surface area contributed by atoms with Crippen LogP contribution in [0.25, 0.3) is 0 Å². The normalized spacial score (nSPS) is 10.8. The van der Waals surface area contributed by atoms with Crippen molar-refractivity contribution in [2.45, 2.75) is 22.0 Å². The predicted molar refractivity (Wildman–Crippen MR) is 121 cm³/mol. The second kappa shape index (κ2) is 10.4. The number of aromatic nitrogens is 3. The average Bonchev–Trinajstić information content (AvgIpc) is 3.29. The lowest BCUT2D eigenvalue weighted by atomic mass is 10.1. The Morgan fingerprint density at radius 2 is 1.89 bits per heavy atom. The van der Waals surface area contributed by atoms with Gasteiger partial charge in [-0.2, -0.15) is 0 Å². The molecule has 0 atom stereocenters. The minimum Gasteiger partial charge on any atom is -0.301 e. The molecule has 1 aromatic carbocycles. The van der Waals surface area contributed by atoms with E-state index in [1.165, 1.54) is 34.4 Å². The number of nitrogens with one attached hydrogen (secondary N) is 1. The van der Waals surface area contributed by atoms with Crippen LogP contribution in [0.4, 0.5) is 5.13 Å². The van der Waals surface area contributed by atoms with Crippen LogP contribution in [-0.2, 0) is 11.2 Å². The Balaban J connectivity index is 1.47. The van der Waals surface area contributed by atoms with Crippen molar-refractivity contribution < 1.29 is 4.79 Å². The van der Waals surface area contributed by atoms with Crippen molar-refractivity contribution in [1.82, 2.24) is 15.2 Å². The molecule has 28 heavy (non-hydrogen) atoms. The third-order valence-electron chi connectivity index (χ3n) is 3.28. The molecule has 5 nitrogen and oxygen atoms in total. The minimum absolute atomic E-state index is 0.116. The highest BCUT2D eigenvalue weighted by Crippen LogP contribution is 2.30. The van der Waals surface area contributed by atoms with E-state index in [4.69, 9.17) is 11.6 Å². The lowest BCUT2D eigenvalue weighted by Gasteiger charge is -2.01. The van der Waals surface area contributed by atoms with Crippen LogP contribution in [0.5, 0.6) is 0 Å². The summed E-state index contributed by atoms with van der Waals surface area (Å²) >= 11 is 12.1. The highest BCUT2D eigenvalue weighted by atomic mass is 35.5. The van der Waals surface area contributed by atoms with E-state index in [1.807, 2.05) is 31.2 Å². The molecule has 0 fully saturated rings. The molecule has 1 amide bonds. The van der Waals surface area contributed by atoms with Gasteiger partial charge in [-0.05, 0) is 18.6 Å². The van der Waals surface area contributed by atoms with E-state index in [0.29, 0.717) is 11.6 Å². The van der Waals surface area contributed by atoms with Crippen LogP contribution >= 0.6 is 57.8 Å². The molecule has 146 valence electrons. The van der Waals surface area contributed by atoms with Crippen LogP contribution in [0.2, 0.25) is 5.02 Å². The number of nitrogens with zero attached hydrogens (tertiary/aromatic N) is 3. The number of thiazole rings is 1. The SMILES string of the molecule is C=C(C)CSc1nnc(SCC(=O)Nc2ncc(Cc3ccccc3Cl)s2)s1. The molecule has 0 spiro atoms. The number of thioether (sulfide) groups is 2. The predicted octanol–water partition coefficient (Wildman–Crippen LogP) is 5.64. The Bertz CT molecular complexity index is 972. The molecule has 2 aromatic heterocycles. The highest BCUT2D eigenvalue weighted by Gasteiger charge is 2.11. The first-order chi connectivity index (χ1) is 13.5. The number of amides is 1. The van der Waals surface area contributed by atoms with Gasteiger partial charge in [0.15, 0.2) is 13.8 Å². The monoisotopic (exact) mass is 468 g/mol. The van der Waals surface area contributed by atoms with Crippen molar-refractivity contribution in [2.24, 2.45) is 0 Å². The first-order valence-electron chi connectivity index (χ1n) is 8.21. The maximum Gasteiger partial charge on any atom is 0.236 e. The first kappa shape index (κ1) is 21.3. The third-order valence-corrected chi connectivity index (χ3v) is 7.98. The summed E-state index contributed by atoms with van der Waals surface area (Å²) in [5, 5.41) is 12.4. The molecule has 10 heteroatoms. The van der Waals surface area contributed by atoms with E-state index in [2.05, 4.69) is 27.1 Å². The number of benzene rings is 1. The van der Waals surface area contributed by atoms with E-state index in [9.17, 15) is 4.79 Å². The van der Waals surface area contributed by atoms with Crippen molar-refractivity contribution in [3.63, 3.8) is 0 Å². The quantitative estimate of drug-likeness (QED) is 0.324. The number of hydrogen-bond acceptors (Lipinski definition) is 8. The number of anilines is 1. The molecule has 1 N–H and O–H groups in total. The maximum atomic E-state index is 12.2. The summed E-state index contributed by atoms with van der Waals surface area (Å²) in [7, 11) is 0. The lowest BCUT2D eigenvalue weighted by molar-refractivity contribution is -0.113. The Hall–Kier alpha value is -1.39. The van der Waals surface area contributed by atoms with Gasteiger partial charge in [0.25, 0.3) is 0 Å². The zero-order valence-electron chi connectivity index (χ0n) is 15.0. The summed E-state index contributed by atoms with van der Waals surface area (Å²) in [5.41, 5.74) is 2.13. The second-order valence-electron chi connectivity index (χ2n) is 5.82. The summed E-state index contributed by atoms with van der Waals surface area (Å²) in [6, 6.07) is 7.72. The fourth-order valence-electron chi connectivity index (χ4n) is 2.06. The molecule has 0 saturated heterocycles. The van der Waals surface area contributed by atoms with Gasteiger partial charge in [-0.25, -0.2) is 4.98 Å². The van der Waals surface area contributed by atoms with Crippen molar-refractivity contribution in [2.75, 3.05) is 16.8 Å². The van der Waals surface area contributed by atoms with E-state index >= 15 is 0 Å². The first-order valence-corrected chi connectivity index (χ1v) is 12.2. The molecule has 0 bridgehead atoms. The fourth-order valence-corrected chi connectivity index (χ4v) is 5.78. The van der Waals surface area contributed by atoms with Gasteiger partial charge in [0, 0.05) is 28.3 Å². The highest BCUT2D eigenvalue weighted by molar-refractivity contribution is 8.03. The molecule has 0 aliphatic rings. The van der Waals surface area contributed by atoms with Crippen LogP contribution in [0.3, 0.4) is 0 Å². The lowest BCUT2D eigenvalue weighted by Crippen LogP contribution is -2.13. The van der Waals surface area contributed by atoms with Crippen LogP contribution in [0.15, 0.2) is 51.3 Å². The Morgan fingerprint density at radius 3 is 2.61 bits per heavy atom. The minimum atomic E-state index is -0.116. The Labute approximate surface area is 185 Å². The van der Waals surface area contributed by atoms with Gasteiger partial charge >= 0.3 is 0 Å². The topological polar surface area (TPSA) is 67.8 Å². The van der Waals surface area contributed by atoms with Crippen molar-refractivity contribution >= 4 is 68.8 Å². The van der Waals surface area contributed by atoms with Crippen molar-refractivity contribution in [3.8, 4) is 0 Å². The van der Waals surface area contributed by atoms with Gasteiger partial charge in [-0.1, -0.05) is 76.8 Å². The van der Waals surface area contributed by atoms with Crippen LogP contribution in [0.1, 0.15) is 17.4 Å². The van der Waals surface area contributed by atoms with E-state index in [1.54, 1.807) is 18.0 Å². The fraction of sp³-hybridized carbons (Fsp3) is 0.222. The summed E-state index contributed by atoms with van der Waals surface area (Å²) in [6.07, 6.45) is 2.46. The average molecular weight is 469 g/mol. The van der Waals surface area contributed by atoms with Crippen molar-refractivity contribution in [1.29, 1.82) is 0 Å². The smallest absolute Gasteiger partial charge is 0.236 e. The summed E-state index contributed by atoms with van der Waals surface area (Å²) in [5.74, 6) is 0.967. The molecular weight excluding hydrogens is 452 g/mol. The van der Waals surface area contributed by atoms with Gasteiger partial charge in [0.05, 0.1) is 5.75 Å². The standard InChI is InChI=1S/C18H17ClN4OS4/c1-11(2)9-25-17-22-23-18(28-17)26-10-15(24)21-16-20-8-13(27-16)7-12-5-3-4-6-14(12)19/h3-6,8H,1,7,9-10H2,2H3,(H,20,21,24). The Morgan fingerprint density at radius 1 is 1.18 bits per heavy atom. The zero-order valence-corrected chi connectivity index (χ0v) is 19.0. The molecule has 3 aromatic rings. The summed E-state index contributed by atoms with van der Waals surface area (Å²) < 4.78 is 1.66. The summed E-state index contributed by atoms with van der Waals surface area (Å²) in [4.78, 5) is 17.5. The maximum absolute atomic E-state index is 12.2. The van der Waals surface area contributed by atoms with Gasteiger partial charge in [-0.15, -0.1) is 21.5 Å². The molecule has 0 aliphatic heterocycles. The molecule has 2 heterocycles. The van der Waals surface area contributed by atoms with Crippen LogP contribution in [0, 0.1) is 0 Å². The molecule has 0 unspecified atom stereocenters. The Kier molecular flexibility index (Phi) is 7.92. The van der Waals surface area contributed by atoms with Crippen LogP contribution in [-0.4, -0.2) is 32.6 Å². The van der Waals surface area contributed by atoms with E-state index in [-0.39, 0.29) is 11.7 Å². The van der Waals surface area contributed by atoms with Gasteiger partial charge < -0.3 is 5.32 Å². The number of hydrogen-bond donors (Lipinski definition) is 1. The molecule has 0 aliphatic carbocycles. The summed E-state index contributed by atoms with van der Waals surface area (Å²) in [6.45, 7) is 5.85. The second-order valence-corrected chi connectivity index (χ2v) is 10.8. The van der Waals surface area contributed by atoms with Gasteiger partial charge in [-0.3, -0.25) is 4.79 Å². The third kappa shape index (κ3) is 6.59. The molecule has 0 saturated carbocycles. The molecule has 0 radical (unpaired) electrons. The number of carbonyl (C=O) groups excluding carboxylic acids is 1. The van der Waals surface area contributed by atoms with Crippen LogP contribution < -0.4 is 5.32 Å². The zero-order chi connectivity index (χ0) is 19.9. The largest absolute Gasteiger partial charge is 0.301 e.